The molecule has 0 saturated heterocycles. The van der Waals surface area contributed by atoms with E-state index in [1.807, 2.05) is 7.05 Å². The molecule has 1 aromatic heterocycles. The van der Waals surface area contributed by atoms with Crippen LogP contribution >= 0.6 is 22.9 Å². The number of anilines is 2. The van der Waals surface area contributed by atoms with Gasteiger partial charge in [-0.15, -0.1) is 11.3 Å². The number of benzene rings is 1. The van der Waals surface area contributed by atoms with Crippen LogP contribution in [-0.2, 0) is 17.8 Å². The van der Waals surface area contributed by atoms with Crippen LogP contribution in [0.1, 0.15) is 34.1 Å². The zero-order chi connectivity index (χ0) is 19.8. The third-order valence-corrected chi connectivity index (χ3v) is 5.71. The molecule has 2 aromatic rings. The van der Waals surface area contributed by atoms with Crippen LogP contribution in [-0.4, -0.2) is 37.4 Å². The van der Waals surface area contributed by atoms with Gasteiger partial charge in [0.2, 0.25) is 6.41 Å². The molecule has 0 aliphatic carbocycles. The Morgan fingerprint density at radius 1 is 1.37 bits per heavy atom. The summed E-state index contributed by atoms with van der Waals surface area (Å²) in [6.45, 7) is 5.30. The predicted molar refractivity (Wildman–Crippen MR) is 113 cm³/mol. The summed E-state index contributed by atoms with van der Waals surface area (Å²) in [6, 6.07) is 6.90. The van der Waals surface area contributed by atoms with Crippen LogP contribution < -0.4 is 16.4 Å². The second kappa shape index (κ2) is 10.3. The number of fused-ring (bicyclic) bond motifs is 1. The molecule has 146 valence electrons. The number of carbonyl (C=O) groups is 2. The van der Waals surface area contributed by atoms with Crippen LogP contribution in [0, 0.1) is 0 Å². The van der Waals surface area contributed by atoms with Gasteiger partial charge in [0.1, 0.15) is 5.00 Å². The summed E-state index contributed by atoms with van der Waals surface area (Å²) in [7, 11) is 1.84. The molecule has 2 heterocycles. The number of halogens is 1. The van der Waals surface area contributed by atoms with Gasteiger partial charge in [0.25, 0.3) is 5.91 Å². The molecular formula is C19H25ClN4O2S. The van der Waals surface area contributed by atoms with E-state index in [1.54, 1.807) is 35.6 Å². The molecule has 1 aromatic carbocycles. The van der Waals surface area contributed by atoms with Gasteiger partial charge in [-0.25, -0.2) is 0 Å². The lowest BCUT2D eigenvalue weighted by atomic mass is 10.0. The Bertz CT molecular complexity index is 777. The van der Waals surface area contributed by atoms with Gasteiger partial charge in [-0.1, -0.05) is 18.5 Å². The van der Waals surface area contributed by atoms with Crippen LogP contribution in [0.25, 0.3) is 0 Å². The number of amides is 2. The average molecular weight is 409 g/mol. The van der Waals surface area contributed by atoms with E-state index in [9.17, 15) is 9.59 Å². The van der Waals surface area contributed by atoms with Crippen molar-refractivity contribution >= 4 is 45.9 Å². The lowest BCUT2D eigenvalue weighted by molar-refractivity contribution is -0.105. The van der Waals surface area contributed by atoms with Gasteiger partial charge in [-0.3, -0.25) is 14.5 Å². The Kier molecular flexibility index (Phi) is 8.09. The number of carbonyl (C=O) groups excluding carboxylic acids is 2. The summed E-state index contributed by atoms with van der Waals surface area (Å²) >= 11 is 7.26. The standard InChI is InChI=1S/C12H19N3OS.C7H6ClNO/c1-3-5-15-6-4-8-9(7-15)17-12(14-2)10(8)11(13)16;8-6-1-3-7(4-2-6)9-5-10/h14H,3-7H2,1-2H3,(H2,13,16);1-5H,(H,9,10). The van der Waals surface area contributed by atoms with Crippen LogP contribution in [0.5, 0.6) is 0 Å². The van der Waals surface area contributed by atoms with Crippen molar-refractivity contribution in [1.82, 2.24) is 4.90 Å². The number of hydrogen-bond donors (Lipinski definition) is 3. The minimum absolute atomic E-state index is 0.309. The number of thiophene rings is 1. The first-order valence-corrected chi connectivity index (χ1v) is 9.99. The smallest absolute Gasteiger partial charge is 0.251 e. The molecule has 8 heteroatoms. The fourth-order valence-corrected chi connectivity index (χ4v) is 4.39. The maximum absolute atomic E-state index is 11.5. The van der Waals surface area contributed by atoms with E-state index in [0.717, 1.165) is 36.7 Å². The second-order valence-corrected chi connectivity index (χ2v) is 7.66. The maximum Gasteiger partial charge on any atom is 0.251 e. The molecule has 0 fully saturated rings. The lowest BCUT2D eigenvalue weighted by Crippen LogP contribution is -2.31. The van der Waals surface area contributed by atoms with E-state index in [-0.39, 0.29) is 5.91 Å². The molecule has 27 heavy (non-hydrogen) atoms. The predicted octanol–water partition coefficient (Wildman–Crippen LogP) is 3.57. The van der Waals surface area contributed by atoms with E-state index in [2.05, 4.69) is 22.5 Å². The average Bonchev–Trinajstić information content (AvgIpc) is 3.03. The minimum Gasteiger partial charge on any atom is -0.379 e. The van der Waals surface area contributed by atoms with Gasteiger partial charge >= 0.3 is 0 Å². The molecule has 2 amide bonds. The highest BCUT2D eigenvalue weighted by Gasteiger charge is 2.25. The van der Waals surface area contributed by atoms with Gasteiger partial charge in [0.05, 0.1) is 5.56 Å². The van der Waals surface area contributed by atoms with Crippen LogP contribution in [0.15, 0.2) is 24.3 Å². The van der Waals surface area contributed by atoms with Crippen LogP contribution in [0.2, 0.25) is 5.02 Å². The Morgan fingerprint density at radius 3 is 2.63 bits per heavy atom. The summed E-state index contributed by atoms with van der Waals surface area (Å²) in [6.07, 6.45) is 2.73. The first kappa shape index (κ1) is 21.2. The molecule has 0 atom stereocenters. The van der Waals surface area contributed by atoms with Gasteiger partial charge in [-0.2, -0.15) is 0 Å². The lowest BCUT2D eigenvalue weighted by Gasteiger charge is -2.26. The first-order valence-electron chi connectivity index (χ1n) is 8.80. The van der Waals surface area contributed by atoms with Gasteiger partial charge in [0, 0.05) is 35.7 Å². The first-order chi connectivity index (χ1) is 13.0. The normalized spacial score (nSPS) is 13.1. The Hall–Kier alpha value is -2.09. The molecule has 1 aliphatic rings. The van der Waals surface area contributed by atoms with Crippen molar-refractivity contribution in [3.05, 3.63) is 45.3 Å². The molecule has 6 nitrogen and oxygen atoms in total. The van der Waals surface area contributed by atoms with Crippen molar-refractivity contribution < 1.29 is 9.59 Å². The van der Waals surface area contributed by atoms with Crippen molar-refractivity contribution in [2.45, 2.75) is 26.3 Å². The molecule has 4 N–H and O–H groups in total. The summed E-state index contributed by atoms with van der Waals surface area (Å²) in [5, 5.41) is 7.16. The minimum atomic E-state index is -0.309. The second-order valence-electron chi connectivity index (χ2n) is 6.12. The third kappa shape index (κ3) is 5.69. The van der Waals surface area contributed by atoms with Crippen LogP contribution in [0.4, 0.5) is 10.7 Å². The number of nitrogens with one attached hydrogen (secondary N) is 2. The largest absolute Gasteiger partial charge is 0.379 e. The zero-order valence-corrected chi connectivity index (χ0v) is 17.1. The molecule has 0 saturated carbocycles. The van der Waals surface area contributed by atoms with E-state index in [4.69, 9.17) is 17.3 Å². The quantitative estimate of drug-likeness (QED) is 0.637. The topological polar surface area (TPSA) is 87.5 Å². The van der Waals surface area contributed by atoms with Crippen molar-refractivity contribution in [1.29, 1.82) is 0 Å². The molecule has 3 rings (SSSR count). The number of hydrogen-bond acceptors (Lipinski definition) is 5. The van der Waals surface area contributed by atoms with Crippen molar-refractivity contribution in [3.63, 3.8) is 0 Å². The summed E-state index contributed by atoms with van der Waals surface area (Å²) < 4.78 is 0. The Labute approximate surface area is 168 Å². The number of rotatable bonds is 6. The fraction of sp³-hybridized carbons (Fsp3) is 0.368. The van der Waals surface area contributed by atoms with Gasteiger partial charge in [-0.05, 0) is 49.2 Å². The van der Waals surface area contributed by atoms with E-state index < -0.39 is 0 Å². The van der Waals surface area contributed by atoms with Crippen LogP contribution in [0.3, 0.4) is 0 Å². The molecule has 1 aliphatic heterocycles. The highest BCUT2D eigenvalue weighted by molar-refractivity contribution is 7.16. The van der Waals surface area contributed by atoms with E-state index in [1.165, 1.54) is 16.9 Å². The molecule has 0 bridgehead atoms. The summed E-state index contributed by atoms with van der Waals surface area (Å²) in [4.78, 5) is 25.1. The molecule has 0 unspecified atom stereocenters. The zero-order valence-electron chi connectivity index (χ0n) is 15.5. The molecule has 0 spiro atoms. The molecule has 0 radical (unpaired) electrons. The number of nitrogens with zero attached hydrogens (tertiary/aromatic N) is 1. The third-order valence-electron chi connectivity index (χ3n) is 4.22. The summed E-state index contributed by atoms with van der Waals surface area (Å²) in [5.41, 5.74) is 8.09. The molecular weight excluding hydrogens is 384 g/mol. The van der Waals surface area contributed by atoms with Crippen molar-refractivity contribution in [2.75, 3.05) is 30.8 Å². The van der Waals surface area contributed by atoms with Crippen molar-refractivity contribution in [3.8, 4) is 0 Å². The highest BCUT2D eigenvalue weighted by atomic mass is 35.5. The Morgan fingerprint density at radius 2 is 2.07 bits per heavy atom. The fourth-order valence-electron chi connectivity index (χ4n) is 3.01. The summed E-state index contributed by atoms with van der Waals surface area (Å²) in [5.74, 6) is -0.309. The number of primary amides is 1. The number of nitrogens with two attached hydrogens (primary N) is 1. The monoisotopic (exact) mass is 408 g/mol. The van der Waals surface area contributed by atoms with Gasteiger partial charge < -0.3 is 16.4 Å². The van der Waals surface area contributed by atoms with Gasteiger partial charge in [0.15, 0.2) is 0 Å². The SMILES string of the molecule is CCCN1CCc2c(sc(NC)c2C(N)=O)C1.O=CNc1ccc(Cl)cc1. The van der Waals surface area contributed by atoms with Crippen molar-refractivity contribution in [2.24, 2.45) is 5.73 Å². The maximum atomic E-state index is 11.5. The van der Waals surface area contributed by atoms with E-state index >= 15 is 0 Å². The van der Waals surface area contributed by atoms with E-state index in [0.29, 0.717) is 17.0 Å². The Balaban J connectivity index is 0.000000223. The highest BCUT2D eigenvalue weighted by Crippen LogP contribution is 2.36.